The van der Waals surface area contributed by atoms with E-state index < -0.39 is 0 Å². The van der Waals surface area contributed by atoms with E-state index in [-0.39, 0.29) is 18.6 Å². The molecule has 4 nitrogen and oxygen atoms in total. The molecule has 0 heterocycles. The summed E-state index contributed by atoms with van der Waals surface area (Å²) in [5.74, 6) is -0.118. The van der Waals surface area contributed by atoms with Crippen molar-refractivity contribution in [2.75, 3.05) is 19.8 Å². The summed E-state index contributed by atoms with van der Waals surface area (Å²) in [5, 5.41) is 2.88. The molecule has 17 heavy (non-hydrogen) atoms. The van der Waals surface area contributed by atoms with Gasteiger partial charge in [0.1, 0.15) is 6.61 Å². The molecule has 1 rings (SSSR count). The van der Waals surface area contributed by atoms with Crippen LogP contribution in [0.5, 0.6) is 0 Å². The molecule has 0 saturated heterocycles. The van der Waals surface area contributed by atoms with E-state index in [1.165, 1.54) is 5.56 Å². The van der Waals surface area contributed by atoms with E-state index in [2.05, 4.69) is 11.4 Å². The lowest BCUT2D eigenvalue weighted by molar-refractivity contribution is -0.126. The molecule has 1 atom stereocenters. The van der Waals surface area contributed by atoms with Crippen LogP contribution in [0.15, 0.2) is 24.3 Å². The highest BCUT2D eigenvalue weighted by molar-refractivity contribution is 5.77. The van der Waals surface area contributed by atoms with E-state index in [0.29, 0.717) is 13.2 Å². The monoisotopic (exact) mass is 236 g/mol. The van der Waals surface area contributed by atoms with Crippen LogP contribution in [-0.4, -0.2) is 25.7 Å². The third-order valence-electron chi connectivity index (χ3n) is 2.41. The van der Waals surface area contributed by atoms with Crippen molar-refractivity contribution >= 4 is 5.91 Å². The lowest BCUT2D eigenvalue weighted by Gasteiger charge is -2.14. The average Bonchev–Trinajstić information content (AvgIpc) is 2.29. The number of hydrogen-bond donors (Lipinski definition) is 2. The third-order valence-corrected chi connectivity index (χ3v) is 2.41. The minimum absolute atomic E-state index is 0.0103. The number of aryl methyl sites for hydroxylation is 1. The van der Waals surface area contributed by atoms with E-state index in [0.717, 1.165) is 5.56 Å². The first kappa shape index (κ1) is 13.7. The lowest BCUT2D eigenvalue weighted by Crippen LogP contribution is -2.30. The van der Waals surface area contributed by atoms with Crippen molar-refractivity contribution in [2.45, 2.75) is 19.9 Å². The molecular weight excluding hydrogens is 216 g/mol. The fourth-order valence-corrected chi connectivity index (χ4v) is 1.55. The predicted molar refractivity (Wildman–Crippen MR) is 67.6 cm³/mol. The van der Waals surface area contributed by atoms with Crippen LogP contribution in [0, 0.1) is 6.92 Å². The molecule has 0 bridgehead atoms. The van der Waals surface area contributed by atoms with Crippen molar-refractivity contribution in [3.05, 3.63) is 35.4 Å². The van der Waals surface area contributed by atoms with Crippen molar-refractivity contribution in [2.24, 2.45) is 5.73 Å². The van der Waals surface area contributed by atoms with Gasteiger partial charge in [0.15, 0.2) is 0 Å². The van der Waals surface area contributed by atoms with E-state index in [1.807, 2.05) is 32.0 Å². The molecule has 0 saturated carbocycles. The normalized spacial score (nSPS) is 12.2. The molecule has 94 valence electrons. The van der Waals surface area contributed by atoms with Crippen LogP contribution in [0.1, 0.15) is 24.1 Å². The Bertz CT molecular complexity index is 366. The highest BCUT2D eigenvalue weighted by Crippen LogP contribution is 2.13. The third kappa shape index (κ3) is 4.97. The number of carbonyl (C=O) groups is 1. The Kier molecular flexibility index (Phi) is 5.66. The maximum absolute atomic E-state index is 11.5. The van der Waals surface area contributed by atoms with Crippen LogP contribution in [0.2, 0.25) is 0 Å². The Morgan fingerprint density at radius 1 is 1.53 bits per heavy atom. The summed E-state index contributed by atoms with van der Waals surface area (Å²) in [5.41, 5.74) is 7.54. The predicted octanol–water partition coefficient (Wildman–Crippen LogP) is 1.15. The van der Waals surface area contributed by atoms with Crippen LogP contribution < -0.4 is 11.1 Å². The molecule has 0 spiro atoms. The number of carbonyl (C=O) groups excluding carboxylic acids is 1. The Morgan fingerprint density at radius 3 is 2.94 bits per heavy atom. The summed E-state index contributed by atoms with van der Waals surface area (Å²) in [6.07, 6.45) is 0. The smallest absolute Gasteiger partial charge is 0.246 e. The Labute approximate surface area is 102 Å². The fourth-order valence-electron chi connectivity index (χ4n) is 1.55. The summed E-state index contributed by atoms with van der Waals surface area (Å²) in [4.78, 5) is 11.5. The molecule has 4 heteroatoms. The zero-order chi connectivity index (χ0) is 12.7. The van der Waals surface area contributed by atoms with Crippen LogP contribution in [0.4, 0.5) is 0 Å². The number of amides is 1. The van der Waals surface area contributed by atoms with Crippen LogP contribution in [0.3, 0.4) is 0 Å². The second-order valence-electron chi connectivity index (χ2n) is 4.04. The van der Waals surface area contributed by atoms with Gasteiger partial charge in [0.2, 0.25) is 5.91 Å². The highest BCUT2D eigenvalue weighted by atomic mass is 16.5. The van der Waals surface area contributed by atoms with Gasteiger partial charge in [-0.2, -0.15) is 0 Å². The van der Waals surface area contributed by atoms with Gasteiger partial charge in [0.05, 0.1) is 12.6 Å². The summed E-state index contributed by atoms with van der Waals surface area (Å²) < 4.78 is 5.07. The van der Waals surface area contributed by atoms with Gasteiger partial charge in [-0.1, -0.05) is 29.8 Å². The van der Waals surface area contributed by atoms with Crippen LogP contribution in [-0.2, 0) is 9.53 Å². The van der Waals surface area contributed by atoms with Gasteiger partial charge in [-0.05, 0) is 19.4 Å². The summed E-state index contributed by atoms with van der Waals surface area (Å²) in [6.45, 7) is 4.89. The topological polar surface area (TPSA) is 64.3 Å². The van der Waals surface area contributed by atoms with E-state index in [1.54, 1.807) is 0 Å². The number of rotatable bonds is 6. The van der Waals surface area contributed by atoms with Gasteiger partial charge in [-0.3, -0.25) is 4.79 Å². The number of hydrogen-bond acceptors (Lipinski definition) is 3. The average molecular weight is 236 g/mol. The van der Waals surface area contributed by atoms with Gasteiger partial charge in [-0.15, -0.1) is 0 Å². The number of nitrogens with two attached hydrogens (primary N) is 1. The Hall–Kier alpha value is -1.39. The molecule has 0 aliphatic heterocycles. The van der Waals surface area contributed by atoms with Gasteiger partial charge in [-0.25, -0.2) is 0 Å². The molecule has 1 aromatic carbocycles. The van der Waals surface area contributed by atoms with E-state index in [9.17, 15) is 4.79 Å². The first-order chi connectivity index (χ1) is 8.13. The van der Waals surface area contributed by atoms with Crippen molar-refractivity contribution in [3.63, 3.8) is 0 Å². The number of nitrogens with one attached hydrogen (secondary N) is 1. The summed E-state index contributed by atoms with van der Waals surface area (Å²) in [6, 6.07) is 8.06. The van der Waals surface area contributed by atoms with Crippen LogP contribution >= 0.6 is 0 Å². The molecular formula is C13H20N2O2. The largest absolute Gasteiger partial charge is 0.370 e. The zero-order valence-corrected chi connectivity index (χ0v) is 10.4. The van der Waals surface area contributed by atoms with E-state index >= 15 is 0 Å². The Balaban J connectivity index is 2.43. The summed E-state index contributed by atoms with van der Waals surface area (Å²) in [7, 11) is 0. The maximum Gasteiger partial charge on any atom is 0.246 e. The SMILES string of the molecule is Cc1cccc([C@@H](C)NC(=O)COCCN)c1. The Morgan fingerprint density at radius 2 is 2.29 bits per heavy atom. The lowest BCUT2D eigenvalue weighted by atomic mass is 10.1. The summed E-state index contributed by atoms with van der Waals surface area (Å²) >= 11 is 0. The number of benzene rings is 1. The minimum Gasteiger partial charge on any atom is -0.370 e. The highest BCUT2D eigenvalue weighted by Gasteiger charge is 2.09. The molecule has 0 aromatic heterocycles. The molecule has 1 amide bonds. The van der Waals surface area contributed by atoms with Gasteiger partial charge < -0.3 is 15.8 Å². The van der Waals surface area contributed by atoms with Gasteiger partial charge in [0.25, 0.3) is 0 Å². The second-order valence-corrected chi connectivity index (χ2v) is 4.04. The molecule has 0 aliphatic carbocycles. The molecule has 0 fully saturated rings. The standard InChI is InChI=1S/C13H20N2O2/c1-10-4-3-5-12(8-10)11(2)15-13(16)9-17-7-6-14/h3-5,8,11H,6-7,9,14H2,1-2H3,(H,15,16)/t11-/m1/s1. The van der Waals surface area contributed by atoms with Gasteiger partial charge in [0, 0.05) is 6.54 Å². The number of ether oxygens (including phenoxy) is 1. The molecule has 0 radical (unpaired) electrons. The van der Waals surface area contributed by atoms with Crippen molar-refractivity contribution in [1.82, 2.24) is 5.32 Å². The maximum atomic E-state index is 11.5. The zero-order valence-electron chi connectivity index (χ0n) is 10.4. The van der Waals surface area contributed by atoms with E-state index in [4.69, 9.17) is 10.5 Å². The van der Waals surface area contributed by atoms with Crippen molar-refractivity contribution in [1.29, 1.82) is 0 Å². The fraction of sp³-hybridized carbons (Fsp3) is 0.462. The van der Waals surface area contributed by atoms with Crippen molar-refractivity contribution in [3.8, 4) is 0 Å². The molecule has 0 unspecified atom stereocenters. The molecule has 1 aromatic rings. The molecule has 3 N–H and O–H groups in total. The first-order valence-electron chi connectivity index (χ1n) is 5.77. The van der Waals surface area contributed by atoms with Crippen LogP contribution in [0.25, 0.3) is 0 Å². The minimum atomic E-state index is -0.118. The van der Waals surface area contributed by atoms with Crippen molar-refractivity contribution < 1.29 is 9.53 Å². The molecule has 0 aliphatic rings. The quantitative estimate of drug-likeness (QED) is 0.728. The van der Waals surface area contributed by atoms with Gasteiger partial charge >= 0.3 is 0 Å². The first-order valence-corrected chi connectivity index (χ1v) is 5.77. The second kappa shape index (κ2) is 7.04.